The standard InChI is InChI=1S/C19H29N3O.2ClH/c1-15(17-11-20-12-17)19(23)21(2)18-9-6-10-22(14-18)13-16-7-4-3-5-8-16;;/h3-5,7-8,15,17-18,20H,6,9-14H2,1-2H3;2*1H. The maximum atomic E-state index is 12.7. The van der Waals surface area contributed by atoms with Gasteiger partial charge in [0, 0.05) is 32.1 Å². The Labute approximate surface area is 164 Å². The van der Waals surface area contributed by atoms with E-state index in [1.54, 1.807) is 0 Å². The van der Waals surface area contributed by atoms with Gasteiger partial charge >= 0.3 is 0 Å². The summed E-state index contributed by atoms with van der Waals surface area (Å²) in [4.78, 5) is 17.2. The molecule has 142 valence electrons. The van der Waals surface area contributed by atoms with Crippen LogP contribution in [0, 0.1) is 11.8 Å². The van der Waals surface area contributed by atoms with Crippen molar-refractivity contribution in [3.63, 3.8) is 0 Å². The van der Waals surface area contributed by atoms with Gasteiger partial charge in [0.25, 0.3) is 0 Å². The van der Waals surface area contributed by atoms with E-state index in [9.17, 15) is 4.79 Å². The van der Waals surface area contributed by atoms with Crippen LogP contribution in [0.5, 0.6) is 0 Å². The molecule has 25 heavy (non-hydrogen) atoms. The lowest BCUT2D eigenvalue weighted by Crippen LogP contribution is -2.54. The zero-order valence-electron chi connectivity index (χ0n) is 15.2. The van der Waals surface area contributed by atoms with Crippen LogP contribution < -0.4 is 5.32 Å². The predicted molar refractivity (Wildman–Crippen MR) is 108 cm³/mol. The van der Waals surface area contributed by atoms with E-state index in [1.165, 1.54) is 12.0 Å². The molecule has 2 atom stereocenters. The molecule has 3 rings (SSSR count). The van der Waals surface area contributed by atoms with Crippen molar-refractivity contribution in [1.82, 2.24) is 15.1 Å². The molecule has 0 aromatic heterocycles. The van der Waals surface area contributed by atoms with Crippen molar-refractivity contribution in [1.29, 1.82) is 0 Å². The summed E-state index contributed by atoms with van der Waals surface area (Å²) in [7, 11) is 2.00. The van der Waals surface area contributed by atoms with Crippen LogP contribution in [-0.2, 0) is 11.3 Å². The van der Waals surface area contributed by atoms with Crippen LogP contribution in [0.1, 0.15) is 25.3 Å². The molecule has 2 heterocycles. The maximum Gasteiger partial charge on any atom is 0.225 e. The number of likely N-dealkylation sites (N-methyl/N-ethyl adjacent to an activating group) is 1. The van der Waals surface area contributed by atoms with Crippen molar-refractivity contribution in [2.24, 2.45) is 11.8 Å². The molecule has 1 aromatic carbocycles. The number of benzene rings is 1. The molecule has 0 radical (unpaired) electrons. The van der Waals surface area contributed by atoms with Gasteiger partial charge in [-0.05, 0) is 44.0 Å². The Morgan fingerprint density at radius 2 is 1.96 bits per heavy atom. The average Bonchev–Trinajstić information content (AvgIpc) is 2.53. The van der Waals surface area contributed by atoms with Crippen LogP contribution in [0.2, 0.25) is 0 Å². The highest BCUT2D eigenvalue weighted by molar-refractivity contribution is 5.85. The molecule has 4 nitrogen and oxygen atoms in total. The topological polar surface area (TPSA) is 35.6 Å². The van der Waals surface area contributed by atoms with Crippen LogP contribution in [0.25, 0.3) is 0 Å². The Kier molecular flexibility index (Phi) is 9.22. The maximum absolute atomic E-state index is 12.7. The van der Waals surface area contributed by atoms with Crippen molar-refractivity contribution >= 4 is 30.7 Å². The number of piperidine rings is 1. The number of nitrogens with zero attached hydrogens (tertiary/aromatic N) is 2. The number of carbonyl (C=O) groups excluding carboxylic acids is 1. The molecule has 0 spiro atoms. The first kappa shape index (κ1) is 22.2. The summed E-state index contributed by atoms with van der Waals surface area (Å²) in [6.45, 7) is 7.19. The van der Waals surface area contributed by atoms with Crippen molar-refractivity contribution in [3.05, 3.63) is 35.9 Å². The first-order valence-corrected chi connectivity index (χ1v) is 8.89. The zero-order chi connectivity index (χ0) is 16.2. The molecule has 2 aliphatic rings. The van der Waals surface area contributed by atoms with Crippen LogP contribution in [0.3, 0.4) is 0 Å². The second kappa shape index (κ2) is 10.4. The largest absolute Gasteiger partial charge is 0.341 e. The molecular weight excluding hydrogens is 357 g/mol. The summed E-state index contributed by atoms with van der Waals surface area (Å²) < 4.78 is 0. The average molecular weight is 388 g/mol. The van der Waals surface area contributed by atoms with Gasteiger partial charge in [-0.25, -0.2) is 0 Å². The van der Waals surface area contributed by atoms with Crippen LogP contribution in [0.15, 0.2) is 30.3 Å². The van der Waals surface area contributed by atoms with Gasteiger partial charge in [-0.2, -0.15) is 0 Å². The number of hydrogen-bond donors (Lipinski definition) is 1. The quantitative estimate of drug-likeness (QED) is 0.843. The highest BCUT2D eigenvalue weighted by Gasteiger charge is 2.34. The molecule has 0 bridgehead atoms. The van der Waals surface area contributed by atoms with E-state index in [2.05, 4.69) is 47.5 Å². The third-order valence-corrected chi connectivity index (χ3v) is 5.53. The van der Waals surface area contributed by atoms with Gasteiger partial charge in [-0.15, -0.1) is 24.8 Å². The molecule has 2 aliphatic heterocycles. The predicted octanol–water partition coefficient (Wildman–Crippen LogP) is 2.81. The highest BCUT2D eigenvalue weighted by Crippen LogP contribution is 2.22. The Morgan fingerprint density at radius 1 is 1.28 bits per heavy atom. The van der Waals surface area contributed by atoms with Gasteiger partial charge < -0.3 is 10.2 Å². The molecule has 2 fully saturated rings. The number of carbonyl (C=O) groups is 1. The van der Waals surface area contributed by atoms with E-state index < -0.39 is 0 Å². The van der Waals surface area contributed by atoms with Crippen molar-refractivity contribution in [3.8, 4) is 0 Å². The van der Waals surface area contributed by atoms with Gasteiger partial charge in [0.2, 0.25) is 5.91 Å². The Balaban J connectivity index is 0.00000156. The molecule has 6 heteroatoms. The van der Waals surface area contributed by atoms with E-state index in [4.69, 9.17) is 0 Å². The Bertz CT molecular complexity index is 525. The molecule has 0 aliphatic carbocycles. The van der Waals surface area contributed by atoms with Crippen molar-refractivity contribution in [2.45, 2.75) is 32.4 Å². The fraction of sp³-hybridized carbons (Fsp3) is 0.632. The van der Waals surface area contributed by atoms with Gasteiger partial charge in [-0.3, -0.25) is 9.69 Å². The summed E-state index contributed by atoms with van der Waals surface area (Å²) in [6, 6.07) is 11.0. The van der Waals surface area contributed by atoms with Gasteiger partial charge in [0.1, 0.15) is 0 Å². The minimum atomic E-state index is 0. The van der Waals surface area contributed by atoms with E-state index in [1.807, 2.05) is 11.9 Å². The molecule has 1 N–H and O–H groups in total. The van der Waals surface area contributed by atoms with E-state index in [-0.39, 0.29) is 30.7 Å². The van der Waals surface area contributed by atoms with Gasteiger partial charge in [-0.1, -0.05) is 37.3 Å². The Morgan fingerprint density at radius 3 is 2.56 bits per heavy atom. The van der Waals surface area contributed by atoms with Crippen molar-refractivity contribution < 1.29 is 4.79 Å². The second-order valence-corrected chi connectivity index (χ2v) is 7.17. The molecule has 1 amide bonds. The summed E-state index contributed by atoms with van der Waals surface area (Å²) in [5.74, 6) is 0.989. The van der Waals surface area contributed by atoms with Gasteiger partial charge in [0.05, 0.1) is 0 Å². The number of halogens is 2. The monoisotopic (exact) mass is 387 g/mol. The lowest BCUT2D eigenvalue weighted by atomic mass is 9.87. The summed E-state index contributed by atoms with van der Waals surface area (Å²) in [6.07, 6.45) is 2.30. The van der Waals surface area contributed by atoms with Crippen LogP contribution in [0.4, 0.5) is 0 Å². The molecular formula is C19H31Cl2N3O. The summed E-state index contributed by atoms with van der Waals surface area (Å²) >= 11 is 0. The number of rotatable bonds is 5. The normalized spacial score (nSPS) is 22.1. The summed E-state index contributed by atoms with van der Waals surface area (Å²) in [5.41, 5.74) is 1.36. The third kappa shape index (κ3) is 5.58. The van der Waals surface area contributed by atoms with Gasteiger partial charge in [0.15, 0.2) is 0 Å². The number of likely N-dealkylation sites (tertiary alicyclic amines) is 1. The zero-order valence-corrected chi connectivity index (χ0v) is 16.8. The lowest BCUT2D eigenvalue weighted by molar-refractivity contribution is -0.139. The minimum Gasteiger partial charge on any atom is -0.341 e. The molecule has 0 saturated carbocycles. The smallest absolute Gasteiger partial charge is 0.225 e. The third-order valence-electron chi connectivity index (χ3n) is 5.53. The van der Waals surface area contributed by atoms with E-state index >= 15 is 0 Å². The van der Waals surface area contributed by atoms with Crippen LogP contribution >= 0.6 is 24.8 Å². The van der Waals surface area contributed by atoms with E-state index in [0.717, 1.165) is 39.1 Å². The van der Waals surface area contributed by atoms with Crippen LogP contribution in [-0.4, -0.2) is 55.0 Å². The SMILES string of the molecule is CC(C(=O)N(C)C1CCCN(Cc2ccccc2)C1)C1CNC1.Cl.Cl. The fourth-order valence-corrected chi connectivity index (χ4v) is 3.70. The van der Waals surface area contributed by atoms with E-state index in [0.29, 0.717) is 17.9 Å². The second-order valence-electron chi connectivity index (χ2n) is 7.17. The molecule has 2 saturated heterocycles. The number of amides is 1. The molecule has 2 unspecified atom stereocenters. The number of nitrogens with one attached hydrogen (secondary N) is 1. The highest BCUT2D eigenvalue weighted by atomic mass is 35.5. The van der Waals surface area contributed by atoms with Crippen molar-refractivity contribution in [2.75, 3.05) is 33.2 Å². The minimum absolute atomic E-state index is 0. The first-order chi connectivity index (χ1) is 11.1. The summed E-state index contributed by atoms with van der Waals surface area (Å²) in [5, 5.41) is 3.27. The molecule has 1 aromatic rings. The lowest BCUT2D eigenvalue weighted by Gasteiger charge is -2.40. The Hall–Kier alpha value is -0.810. The number of hydrogen-bond acceptors (Lipinski definition) is 3. The fourth-order valence-electron chi connectivity index (χ4n) is 3.70. The first-order valence-electron chi connectivity index (χ1n) is 8.89.